The fourth-order valence-corrected chi connectivity index (χ4v) is 4.70. The summed E-state index contributed by atoms with van der Waals surface area (Å²) in [5.41, 5.74) is -0.531. The molecule has 0 aliphatic carbocycles. The van der Waals surface area contributed by atoms with Gasteiger partial charge in [-0.25, -0.2) is 4.90 Å². The van der Waals surface area contributed by atoms with Crippen molar-refractivity contribution in [1.29, 1.82) is 0 Å². The van der Waals surface area contributed by atoms with Gasteiger partial charge in [-0.15, -0.1) is 0 Å². The van der Waals surface area contributed by atoms with Crippen LogP contribution in [0.1, 0.15) is 36.9 Å². The molecule has 4 atom stereocenters. The molecule has 14 nitrogen and oxygen atoms in total. The van der Waals surface area contributed by atoms with Crippen molar-refractivity contribution in [2.75, 3.05) is 6.54 Å². The Labute approximate surface area is 191 Å². The number of aliphatic hydroxyl groups is 6. The number of hydrogen-bond acceptors (Lipinski definition) is 12. The van der Waals surface area contributed by atoms with Crippen LogP contribution in [0, 0.1) is 12.7 Å². The second-order valence-electron chi connectivity index (χ2n) is 8.35. The van der Waals surface area contributed by atoms with Crippen molar-refractivity contribution in [2.24, 2.45) is 0 Å². The van der Waals surface area contributed by atoms with E-state index in [1.54, 1.807) is 0 Å². The van der Waals surface area contributed by atoms with Crippen LogP contribution in [0.2, 0.25) is 0 Å². The highest BCUT2D eigenvalue weighted by atomic mass is 19.1. The number of hydrogen-bond donors (Lipinski definition) is 9. The minimum atomic E-state index is -3.47. The van der Waals surface area contributed by atoms with Gasteiger partial charge in [-0.3, -0.25) is 14.5 Å². The van der Waals surface area contributed by atoms with Crippen LogP contribution >= 0.6 is 0 Å². The van der Waals surface area contributed by atoms with Gasteiger partial charge in [-0.1, -0.05) is 0 Å². The minimum Gasteiger partial charge on any atom is -0.505 e. The lowest BCUT2D eigenvalue weighted by molar-refractivity contribution is -0.477. The summed E-state index contributed by atoms with van der Waals surface area (Å²) in [5, 5.41) is 92.9. The van der Waals surface area contributed by atoms with E-state index < -0.39 is 71.8 Å². The van der Waals surface area contributed by atoms with Crippen molar-refractivity contribution in [3.05, 3.63) is 16.9 Å². The lowest BCUT2D eigenvalue weighted by atomic mass is 9.86. The number of amides is 2. The average molecular weight is 491 g/mol. The predicted molar refractivity (Wildman–Crippen MR) is 105 cm³/mol. The number of likely N-dealkylation sites (tertiary alicyclic amines) is 1. The van der Waals surface area contributed by atoms with Gasteiger partial charge in [0.1, 0.15) is 0 Å². The van der Waals surface area contributed by atoms with Gasteiger partial charge in [0.15, 0.2) is 23.5 Å². The number of piperidine rings is 1. The second kappa shape index (κ2) is 8.46. The third-order valence-electron chi connectivity index (χ3n) is 6.41. The number of carbonyl (C=O) groups is 2. The van der Waals surface area contributed by atoms with E-state index in [9.17, 15) is 59.9 Å². The van der Waals surface area contributed by atoms with Crippen LogP contribution in [-0.2, 0) is 9.59 Å². The first-order valence-corrected chi connectivity index (χ1v) is 10.1. The van der Waals surface area contributed by atoms with E-state index in [4.69, 9.17) is 0 Å². The van der Waals surface area contributed by atoms with Crippen LogP contribution in [0.5, 0.6) is 17.2 Å². The zero-order valence-corrected chi connectivity index (χ0v) is 18.1. The van der Waals surface area contributed by atoms with Crippen molar-refractivity contribution >= 4 is 12.3 Å². The van der Waals surface area contributed by atoms with E-state index in [0.29, 0.717) is 11.3 Å². The molecule has 1 aromatic rings. The van der Waals surface area contributed by atoms with E-state index in [1.165, 1.54) is 6.92 Å². The lowest BCUT2D eigenvalue weighted by Crippen LogP contribution is -2.82. The van der Waals surface area contributed by atoms with Gasteiger partial charge in [0.2, 0.25) is 24.4 Å². The number of nitrogens with zero attached hydrogens (tertiary/aromatic N) is 3. The number of phenolic OH excluding ortho intramolecular Hbond substituents is 3. The van der Waals surface area contributed by atoms with Gasteiger partial charge < -0.3 is 50.9 Å². The predicted octanol–water partition coefficient (Wildman–Crippen LogP) is -3.01. The molecular formula is C19H26FN3O11. The molecule has 2 fully saturated rings. The van der Waals surface area contributed by atoms with Gasteiger partial charge in [0.25, 0.3) is 11.8 Å². The molecule has 2 amide bonds. The van der Waals surface area contributed by atoms with E-state index in [-0.39, 0.29) is 29.0 Å². The molecule has 0 radical (unpaired) electrons. The molecule has 0 aromatic heterocycles. The monoisotopic (exact) mass is 491 g/mol. The molecule has 15 heteroatoms. The number of piperazine rings is 1. The zero-order chi connectivity index (χ0) is 25.9. The number of aromatic hydroxyl groups is 3. The van der Waals surface area contributed by atoms with Crippen molar-refractivity contribution < 1.29 is 59.9 Å². The molecular weight excluding hydrogens is 465 g/mol. The van der Waals surface area contributed by atoms with Crippen molar-refractivity contribution in [3.63, 3.8) is 0 Å². The number of phenols is 3. The first-order chi connectivity index (χ1) is 15.6. The molecule has 9 N–H and O–H groups in total. The maximum Gasteiger partial charge on any atom is 0.293 e. The van der Waals surface area contributed by atoms with Crippen LogP contribution in [0.3, 0.4) is 0 Å². The lowest BCUT2D eigenvalue weighted by Gasteiger charge is -2.58. The average Bonchev–Trinajstić information content (AvgIpc) is 2.75. The normalized spacial score (nSPS) is 29.2. The second-order valence-corrected chi connectivity index (χ2v) is 8.35. The number of aliphatic hydroxyl groups excluding tert-OH is 2. The summed E-state index contributed by atoms with van der Waals surface area (Å²) < 4.78 is 14.0. The molecule has 2 heterocycles. The zero-order valence-electron chi connectivity index (χ0n) is 18.1. The Morgan fingerprint density at radius 1 is 1.03 bits per heavy atom. The van der Waals surface area contributed by atoms with Gasteiger partial charge in [-0.2, -0.15) is 4.39 Å². The largest absolute Gasteiger partial charge is 0.505 e. The topological polar surface area (TPSA) is 226 Å². The maximum absolute atomic E-state index is 14.0. The Morgan fingerprint density at radius 3 is 2.15 bits per heavy atom. The van der Waals surface area contributed by atoms with Crippen LogP contribution in [0.25, 0.3) is 0 Å². The standard InChI is InChI=1S/C19H26FN3O11/c1-7-11(14(27)15(28)12(20)13(7)26)10-5-9(3-4-21(10)6-24)23-17(30)18(31,32)22(8(2)25)16(29)19(23,33)34/h6,9-10,16-17,26-34H,3-5H2,1-2H3. The molecule has 2 aliphatic heterocycles. The number of halogens is 1. The maximum atomic E-state index is 14.0. The quantitative estimate of drug-likeness (QED) is 0.0892. The summed E-state index contributed by atoms with van der Waals surface area (Å²) in [7, 11) is 0. The van der Waals surface area contributed by atoms with Crippen LogP contribution < -0.4 is 0 Å². The Bertz CT molecular complexity index is 975. The fraction of sp³-hybridized carbons (Fsp3) is 0.579. The molecule has 2 aliphatic rings. The highest BCUT2D eigenvalue weighted by Crippen LogP contribution is 2.48. The molecule has 190 valence electrons. The molecule has 1 aromatic carbocycles. The number of carbonyl (C=O) groups excluding carboxylic acids is 2. The number of benzene rings is 1. The van der Waals surface area contributed by atoms with Crippen LogP contribution in [0.15, 0.2) is 0 Å². The minimum absolute atomic E-state index is 0.141. The van der Waals surface area contributed by atoms with Crippen molar-refractivity contribution in [1.82, 2.24) is 14.7 Å². The Hall–Kier alpha value is -2.79. The van der Waals surface area contributed by atoms with Crippen molar-refractivity contribution in [2.45, 2.75) is 63.1 Å². The highest BCUT2D eigenvalue weighted by Gasteiger charge is 2.65. The van der Waals surface area contributed by atoms with Gasteiger partial charge in [0, 0.05) is 30.6 Å². The fourth-order valence-electron chi connectivity index (χ4n) is 4.70. The van der Waals surface area contributed by atoms with E-state index in [0.717, 1.165) is 11.8 Å². The van der Waals surface area contributed by atoms with Gasteiger partial charge in [0.05, 0.1) is 6.04 Å². The first-order valence-electron chi connectivity index (χ1n) is 10.1. The molecule has 34 heavy (non-hydrogen) atoms. The molecule has 0 saturated carbocycles. The summed E-state index contributed by atoms with van der Waals surface area (Å²) in [6.45, 7) is 1.78. The molecule has 2 saturated heterocycles. The van der Waals surface area contributed by atoms with E-state index in [2.05, 4.69) is 0 Å². The molecule has 0 bridgehead atoms. The molecule has 0 spiro atoms. The summed E-state index contributed by atoms with van der Waals surface area (Å²) in [6, 6.07) is -2.51. The third kappa shape index (κ3) is 3.61. The molecule has 3 rings (SSSR count). The van der Waals surface area contributed by atoms with Crippen LogP contribution in [-0.4, -0.2) is 110 Å². The third-order valence-corrected chi connectivity index (χ3v) is 6.41. The van der Waals surface area contributed by atoms with E-state index in [1.807, 2.05) is 0 Å². The Kier molecular flexibility index (Phi) is 6.42. The summed E-state index contributed by atoms with van der Waals surface area (Å²) >= 11 is 0. The Morgan fingerprint density at radius 2 is 1.62 bits per heavy atom. The summed E-state index contributed by atoms with van der Waals surface area (Å²) in [5.74, 6) is -12.9. The van der Waals surface area contributed by atoms with E-state index >= 15 is 0 Å². The number of rotatable bonds is 3. The molecule has 4 unspecified atom stereocenters. The Balaban J connectivity index is 2.08. The van der Waals surface area contributed by atoms with Crippen LogP contribution in [0.4, 0.5) is 4.39 Å². The van der Waals surface area contributed by atoms with Crippen molar-refractivity contribution in [3.8, 4) is 17.2 Å². The summed E-state index contributed by atoms with van der Waals surface area (Å²) in [6.07, 6.45) is -5.41. The first kappa shape index (κ1) is 25.8. The SMILES string of the molecule is CC(=O)N1C(O)C(O)(O)N(C2CCN(C=O)C(c3c(C)c(O)c(F)c(O)c3O)C2)C(O)C1(O)O. The van der Waals surface area contributed by atoms with Gasteiger partial charge in [-0.05, 0) is 19.8 Å². The highest BCUT2D eigenvalue weighted by molar-refractivity contribution is 5.74. The van der Waals surface area contributed by atoms with Gasteiger partial charge >= 0.3 is 0 Å². The summed E-state index contributed by atoms with van der Waals surface area (Å²) in [4.78, 5) is 24.7. The smallest absolute Gasteiger partial charge is 0.293 e.